The molecular formula is C19H27N3. The quantitative estimate of drug-likeness (QED) is 0.779. The fourth-order valence-corrected chi connectivity index (χ4v) is 3.58. The number of nitrogens with one attached hydrogen (secondary N) is 2. The molecule has 0 bridgehead atoms. The fraction of sp³-hybridized carbons (Fsp3) is 0.526. The van der Waals surface area contributed by atoms with Gasteiger partial charge in [0.25, 0.3) is 0 Å². The number of fused-ring (bicyclic) bond motifs is 1. The molecule has 1 saturated carbocycles. The van der Waals surface area contributed by atoms with E-state index >= 15 is 0 Å². The first-order valence-corrected chi connectivity index (χ1v) is 8.61. The monoisotopic (exact) mass is 297 g/mol. The maximum atomic E-state index is 4.56. The third kappa shape index (κ3) is 2.90. The Labute approximate surface area is 133 Å². The summed E-state index contributed by atoms with van der Waals surface area (Å²) in [4.78, 5) is 7.79. The molecule has 0 aliphatic heterocycles. The second-order valence-electron chi connectivity index (χ2n) is 6.65. The molecule has 1 fully saturated rings. The number of aromatic nitrogens is 2. The molecule has 0 aromatic carbocycles. The van der Waals surface area contributed by atoms with Crippen LogP contribution in [0.3, 0.4) is 0 Å². The number of allylic oxidation sites excluding steroid dienone is 1. The molecule has 3 heteroatoms. The van der Waals surface area contributed by atoms with Crippen LogP contribution in [0.25, 0.3) is 16.6 Å². The highest BCUT2D eigenvalue weighted by Gasteiger charge is 2.23. The van der Waals surface area contributed by atoms with Gasteiger partial charge in [0.15, 0.2) is 0 Å². The van der Waals surface area contributed by atoms with Gasteiger partial charge in [0.1, 0.15) is 5.65 Å². The van der Waals surface area contributed by atoms with Crippen LogP contribution < -0.4 is 5.32 Å². The zero-order valence-corrected chi connectivity index (χ0v) is 13.8. The van der Waals surface area contributed by atoms with E-state index in [9.17, 15) is 0 Å². The zero-order valence-electron chi connectivity index (χ0n) is 13.8. The van der Waals surface area contributed by atoms with Crippen LogP contribution in [0.1, 0.15) is 57.9 Å². The summed E-state index contributed by atoms with van der Waals surface area (Å²) < 4.78 is 0. The summed E-state index contributed by atoms with van der Waals surface area (Å²) >= 11 is 0. The Morgan fingerprint density at radius 2 is 2.23 bits per heavy atom. The smallest absolute Gasteiger partial charge is 0.139 e. The van der Waals surface area contributed by atoms with E-state index in [-0.39, 0.29) is 0 Å². The van der Waals surface area contributed by atoms with E-state index in [2.05, 4.69) is 41.8 Å². The first-order chi connectivity index (χ1) is 10.7. The molecule has 22 heavy (non-hydrogen) atoms. The zero-order chi connectivity index (χ0) is 15.5. The summed E-state index contributed by atoms with van der Waals surface area (Å²) in [5.41, 5.74) is 4.55. The standard InChI is InChI=1S/C19H27N3/c1-4-7-13(2)16-12-21-19-15(10-11-20-19)18(16)22-17-9-6-5-8-14(17)3/h10-12,14,17H,2,4-9H2,1,3H3,(H2,20,21,22). The van der Waals surface area contributed by atoms with Crippen molar-refractivity contribution in [3.8, 4) is 0 Å². The lowest BCUT2D eigenvalue weighted by atomic mass is 9.85. The van der Waals surface area contributed by atoms with Gasteiger partial charge in [-0.05, 0) is 36.8 Å². The molecule has 2 unspecified atom stereocenters. The van der Waals surface area contributed by atoms with Crippen molar-refractivity contribution >= 4 is 22.3 Å². The lowest BCUT2D eigenvalue weighted by Gasteiger charge is -2.31. The fourth-order valence-electron chi connectivity index (χ4n) is 3.58. The number of aromatic amines is 1. The summed E-state index contributed by atoms with van der Waals surface area (Å²) in [5, 5.41) is 5.03. The van der Waals surface area contributed by atoms with Crippen molar-refractivity contribution in [3.05, 3.63) is 30.6 Å². The van der Waals surface area contributed by atoms with Gasteiger partial charge in [0, 0.05) is 29.4 Å². The van der Waals surface area contributed by atoms with Crippen LogP contribution >= 0.6 is 0 Å². The van der Waals surface area contributed by atoms with Crippen molar-refractivity contribution in [1.82, 2.24) is 9.97 Å². The van der Waals surface area contributed by atoms with Gasteiger partial charge in [-0.25, -0.2) is 4.98 Å². The van der Waals surface area contributed by atoms with Gasteiger partial charge >= 0.3 is 0 Å². The first kappa shape index (κ1) is 15.1. The Hall–Kier alpha value is -1.77. The van der Waals surface area contributed by atoms with Crippen molar-refractivity contribution in [2.45, 2.75) is 58.4 Å². The van der Waals surface area contributed by atoms with E-state index in [1.807, 2.05) is 12.4 Å². The van der Waals surface area contributed by atoms with Crippen LogP contribution in [0.5, 0.6) is 0 Å². The van der Waals surface area contributed by atoms with Crippen LogP contribution in [0, 0.1) is 5.92 Å². The molecule has 2 atom stereocenters. The van der Waals surface area contributed by atoms with Crippen LogP contribution in [0.4, 0.5) is 5.69 Å². The number of rotatable bonds is 5. The van der Waals surface area contributed by atoms with Gasteiger partial charge in [-0.1, -0.05) is 39.7 Å². The molecular weight excluding hydrogens is 270 g/mol. The SMILES string of the molecule is C=C(CCC)c1cnc2[nH]ccc2c1NC1CCCCC1C. The number of nitrogens with zero attached hydrogens (tertiary/aromatic N) is 1. The van der Waals surface area contributed by atoms with Crippen LogP contribution in [0.15, 0.2) is 25.0 Å². The summed E-state index contributed by atoms with van der Waals surface area (Å²) in [7, 11) is 0. The van der Waals surface area contributed by atoms with Crippen LogP contribution in [0.2, 0.25) is 0 Å². The highest BCUT2D eigenvalue weighted by molar-refractivity contribution is 5.96. The highest BCUT2D eigenvalue weighted by Crippen LogP contribution is 2.35. The summed E-state index contributed by atoms with van der Waals surface area (Å²) in [6.45, 7) is 8.85. The van der Waals surface area contributed by atoms with Crippen molar-refractivity contribution in [2.75, 3.05) is 5.32 Å². The molecule has 0 spiro atoms. The van der Waals surface area contributed by atoms with Gasteiger partial charge < -0.3 is 10.3 Å². The van der Waals surface area contributed by atoms with Gasteiger partial charge in [0.05, 0.1) is 5.69 Å². The normalized spacial score (nSPS) is 21.9. The largest absolute Gasteiger partial charge is 0.381 e. The van der Waals surface area contributed by atoms with Crippen molar-refractivity contribution < 1.29 is 0 Å². The van der Waals surface area contributed by atoms with E-state index in [4.69, 9.17) is 0 Å². The summed E-state index contributed by atoms with van der Waals surface area (Å²) in [6, 6.07) is 2.68. The van der Waals surface area contributed by atoms with E-state index in [1.165, 1.54) is 47.9 Å². The van der Waals surface area contributed by atoms with E-state index < -0.39 is 0 Å². The molecule has 0 saturated heterocycles. The molecule has 118 valence electrons. The Morgan fingerprint density at radius 1 is 1.41 bits per heavy atom. The predicted molar refractivity (Wildman–Crippen MR) is 95.1 cm³/mol. The van der Waals surface area contributed by atoms with Crippen molar-refractivity contribution in [3.63, 3.8) is 0 Å². The van der Waals surface area contributed by atoms with Crippen LogP contribution in [-0.4, -0.2) is 16.0 Å². The Balaban J connectivity index is 1.98. The maximum absolute atomic E-state index is 4.56. The predicted octanol–water partition coefficient (Wildman–Crippen LogP) is 5.37. The van der Waals surface area contributed by atoms with Gasteiger partial charge in [-0.2, -0.15) is 0 Å². The minimum Gasteiger partial charge on any atom is -0.381 e. The average Bonchev–Trinajstić information content (AvgIpc) is 2.99. The maximum Gasteiger partial charge on any atom is 0.139 e. The molecule has 2 N–H and O–H groups in total. The third-order valence-electron chi connectivity index (χ3n) is 4.96. The van der Waals surface area contributed by atoms with Crippen LogP contribution in [-0.2, 0) is 0 Å². The third-order valence-corrected chi connectivity index (χ3v) is 4.96. The van der Waals surface area contributed by atoms with E-state index in [0.29, 0.717) is 6.04 Å². The van der Waals surface area contributed by atoms with Crippen molar-refractivity contribution in [2.24, 2.45) is 5.92 Å². The number of hydrogen-bond donors (Lipinski definition) is 2. The molecule has 3 rings (SSSR count). The van der Waals surface area contributed by atoms with Crippen molar-refractivity contribution in [1.29, 1.82) is 0 Å². The van der Waals surface area contributed by atoms with Gasteiger partial charge in [0.2, 0.25) is 0 Å². The Bertz CT molecular complexity index is 656. The molecule has 2 aromatic rings. The minimum atomic E-state index is 0.558. The molecule has 1 aliphatic carbocycles. The number of H-pyrrole nitrogens is 1. The minimum absolute atomic E-state index is 0.558. The molecule has 3 nitrogen and oxygen atoms in total. The molecule has 1 aliphatic rings. The molecule has 0 amide bonds. The van der Waals surface area contributed by atoms with E-state index in [0.717, 1.165) is 24.4 Å². The molecule has 0 radical (unpaired) electrons. The average molecular weight is 297 g/mol. The molecule has 2 heterocycles. The number of anilines is 1. The Kier molecular flexibility index (Phi) is 4.51. The number of pyridine rings is 1. The highest BCUT2D eigenvalue weighted by atomic mass is 15.0. The van der Waals surface area contributed by atoms with Gasteiger partial charge in [-0.3, -0.25) is 0 Å². The van der Waals surface area contributed by atoms with Gasteiger partial charge in [-0.15, -0.1) is 0 Å². The second-order valence-corrected chi connectivity index (χ2v) is 6.65. The topological polar surface area (TPSA) is 40.7 Å². The lowest BCUT2D eigenvalue weighted by molar-refractivity contribution is 0.349. The van der Waals surface area contributed by atoms with E-state index in [1.54, 1.807) is 0 Å². The molecule has 2 aromatic heterocycles. The second kappa shape index (κ2) is 6.55. The number of hydrogen-bond acceptors (Lipinski definition) is 2. The Morgan fingerprint density at radius 3 is 3.00 bits per heavy atom. The summed E-state index contributed by atoms with van der Waals surface area (Å²) in [6.07, 6.45) is 11.4. The summed E-state index contributed by atoms with van der Waals surface area (Å²) in [5.74, 6) is 0.725. The lowest BCUT2D eigenvalue weighted by Crippen LogP contribution is -2.30. The first-order valence-electron chi connectivity index (χ1n) is 8.61.